The third-order valence-corrected chi connectivity index (χ3v) is 1.76. The molecule has 10 heavy (non-hydrogen) atoms. The molecule has 1 aromatic carbocycles. The van der Waals surface area contributed by atoms with E-state index >= 15 is 0 Å². The van der Waals surface area contributed by atoms with Gasteiger partial charge in [0, 0.05) is 0 Å². The molecule has 47 valence electrons. The van der Waals surface area contributed by atoms with Crippen molar-refractivity contribution >= 4 is 18.8 Å². The summed E-state index contributed by atoms with van der Waals surface area (Å²) in [6.07, 6.45) is 2.20. The monoisotopic (exact) mass is 127 g/mol. The van der Waals surface area contributed by atoms with Gasteiger partial charge in [0.2, 0.25) is 0 Å². The summed E-state index contributed by atoms with van der Waals surface area (Å²) in [5.41, 5.74) is 4.04. The molecule has 0 aromatic heterocycles. The minimum atomic E-state index is 1.35. The topological polar surface area (TPSA) is 0 Å². The van der Waals surface area contributed by atoms with Crippen molar-refractivity contribution in [2.24, 2.45) is 0 Å². The summed E-state index contributed by atoms with van der Waals surface area (Å²) in [6.45, 7) is 2.12. The lowest BCUT2D eigenvalue weighted by atomic mass is 9.68. The Morgan fingerprint density at radius 3 is 2.80 bits per heavy atom. The summed E-state index contributed by atoms with van der Waals surface area (Å²) >= 11 is 0. The normalized spacial score (nSPS) is 13.9. The lowest BCUT2D eigenvalue weighted by Gasteiger charge is -1.93. The number of hydrogen-bond donors (Lipinski definition) is 0. The Balaban J connectivity index is 2.54. The van der Waals surface area contributed by atoms with E-state index in [0.29, 0.717) is 0 Å². The van der Waals surface area contributed by atoms with E-state index in [0.717, 1.165) is 0 Å². The molecule has 2 rings (SSSR count). The van der Waals surface area contributed by atoms with Crippen LogP contribution in [0.2, 0.25) is 0 Å². The molecule has 0 aliphatic carbocycles. The highest BCUT2D eigenvalue weighted by atomic mass is 14.0. The van der Waals surface area contributed by atoms with Gasteiger partial charge in [-0.15, -0.1) is 5.47 Å². The number of hydrogen-bond acceptors (Lipinski definition) is 0. The van der Waals surface area contributed by atoms with Crippen LogP contribution in [0.3, 0.4) is 0 Å². The molecule has 1 radical (unpaired) electrons. The highest BCUT2D eigenvalue weighted by molar-refractivity contribution is 6.65. The number of benzene rings is 1. The molecule has 0 atom stereocenters. The van der Waals surface area contributed by atoms with Crippen LogP contribution in [0.5, 0.6) is 0 Å². The van der Waals surface area contributed by atoms with E-state index in [1.54, 1.807) is 0 Å². The molecule has 0 saturated heterocycles. The van der Waals surface area contributed by atoms with Crippen LogP contribution >= 0.6 is 0 Å². The van der Waals surface area contributed by atoms with Crippen molar-refractivity contribution in [1.29, 1.82) is 0 Å². The van der Waals surface area contributed by atoms with E-state index in [9.17, 15) is 0 Å². The fraction of sp³-hybridized carbons (Fsp3) is 0.111. The van der Waals surface area contributed by atoms with E-state index < -0.39 is 0 Å². The predicted molar refractivity (Wildman–Crippen MR) is 45.5 cm³/mol. The summed E-state index contributed by atoms with van der Waals surface area (Å²) in [7, 11) is 2.20. The van der Waals surface area contributed by atoms with Crippen LogP contribution < -0.4 is 5.46 Å². The van der Waals surface area contributed by atoms with Crippen molar-refractivity contribution in [3.05, 3.63) is 35.3 Å². The van der Waals surface area contributed by atoms with Crippen molar-refractivity contribution in [1.82, 2.24) is 0 Å². The molecular weight excluding hydrogens is 119 g/mol. The predicted octanol–water partition coefficient (Wildman–Crippen LogP) is 1.39. The zero-order chi connectivity index (χ0) is 6.97. The fourth-order valence-electron chi connectivity index (χ4n) is 1.31. The summed E-state index contributed by atoms with van der Waals surface area (Å²) < 4.78 is 0. The standard InChI is InChI=1S/C9H8B/c1-7-6-8-4-2-3-5-9(8)10-7/h2-6H,1H3. The molecule has 0 nitrogen and oxygen atoms in total. The van der Waals surface area contributed by atoms with E-state index in [1.165, 1.54) is 16.5 Å². The Morgan fingerprint density at radius 2 is 2.00 bits per heavy atom. The second-order valence-electron chi connectivity index (χ2n) is 2.66. The van der Waals surface area contributed by atoms with Crippen LogP contribution in [-0.2, 0) is 0 Å². The average Bonchev–Trinajstić information content (AvgIpc) is 2.27. The van der Waals surface area contributed by atoms with Crippen molar-refractivity contribution in [3.63, 3.8) is 0 Å². The van der Waals surface area contributed by atoms with Gasteiger partial charge in [-0.25, -0.2) is 0 Å². The number of allylic oxidation sites excluding steroid dienone is 1. The third-order valence-electron chi connectivity index (χ3n) is 1.76. The Kier molecular flexibility index (Phi) is 1.16. The summed E-state index contributed by atoms with van der Waals surface area (Å²) in [4.78, 5) is 0. The molecule has 1 aliphatic heterocycles. The maximum absolute atomic E-state index is 2.20. The highest BCUT2D eigenvalue weighted by Gasteiger charge is 2.08. The molecule has 1 aromatic rings. The first kappa shape index (κ1) is 5.78. The van der Waals surface area contributed by atoms with Gasteiger partial charge in [0.25, 0.3) is 0 Å². The quantitative estimate of drug-likeness (QED) is 0.462. The van der Waals surface area contributed by atoms with Gasteiger partial charge in [-0.3, -0.25) is 0 Å². The lowest BCUT2D eigenvalue weighted by Crippen LogP contribution is -2.11. The van der Waals surface area contributed by atoms with Crippen LogP contribution in [0.1, 0.15) is 12.5 Å². The van der Waals surface area contributed by atoms with Crippen molar-refractivity contribution in [3.8, 4) is 0 Å². The fourth-order valence-corrected chi connectivity index (χ4v) is 1.31. The van der Waals surface area contributed by atoms with E-state index in [1.807, 2.05) is 0 Å². The van der Waals surface area contributed by atoms with Gasteiger partial charge in [0.05, 0.1) is 0 Å². The second kappa shape index (κ2) is 2.01. The molecule has 0 saturated carbocycles. The molecule has 0 amide bonds. The summed E-state index contributed by atoms with van der Waals surface area (Å²) in [5.74, 6) is 0. The van der Waals surface area contributed by atoms with Gasteiger partial charge in [-0.2, -0.15) is 0 Å². The van der Waals surface area contributed by atoms with Gasteiger partial charge in [0.15, 0.2) is 7.28 Å². The second-order valence-corrected chi connectivity index (χ2v) is 2.66. The minimum absolute atomic E-state index is 1.35. The minimum Gasteiger partial charge on any atom is -0.105 e. The Bertz CT molecular complexity index is 287. The largest absolute Gasteiger partial charge is 0.186 e. The average molecular weight is 127 g/mol. The molecule has 0 fully saturated rings. The zero-order valence-corrected chi connectivity index (χ0v) is 5.96. The van der Waals surface area contributed by atoms with Crippen LogP contribution in [0.4, 0.5) is 0 Å². The first-order valence-corrected chi connectivity index (χ1v) is 3.48. The SMILES string of the molecule is CC1=Cc2ccccc2[B]1. The smallest absolute Gasteiger partial charge is 0.105 e. The van der Waals surface area contributed by atoms with Crippen LogP contribution in [0.25, 0.3) is 6.08 Å². The van der Waals surface area contributed by atoms with Gasteiger partial charge in [-0.05, 0) is 5.56 Å². The molecule has 0 spiro atoms. The van der Waals surface area contributed by atoms with Crippen LogP contribution in [0, 0.1) is 0 Å². The third kappa shape index (κ3) is 0.785. The lowest BCUT2D eigenvalue weighted by molar-refractivity contribution is 1.70. The van der Waals surface area contributed by atoms with E-state index in [-0.39, 0.29) is 0 Å². The van der Waals surface area contributed by atoms with Crippen LogP contribution in [-0.4, -0.2) is 7.28 Å². The maximum Gasteiger partial charge on any atom is 0.186 e. The molecular formula is C9H8B. The Labute approximate surface area is 61.8 Å². The summed E-state index contributed by atoms with van der Waals surface area (Å²) in [6, 6.07) is 8.42. The first-order valence-electron chi connectivity index (χ1n) is 3.48. The van der Waals surface area contributed by atoms with Crippen LogP contribution in [0.15, 0.2) is 29.7 Å². The van der Waals surface area contributed by atoms with Crippen molar-refractivity contribution < 1.29 is 0 Å². The van der Waals surface area contributed by atoms with Gasteiger partial charge in [0.1, 0.15) is 0 Å². The summed E-state index contributed by atoms with van der Waals surface area (Å²) in [5, 5.41) is 0. The van der Waals surface area contributed by atoms with Crippen molar-refractivity contribution in [2.75, 3.05) is 0 Å². The molecule has 1 heteroatoms. The Hall–Kier alpha value is -0.975. The number of fused-ring (bicyclic) bond motifs is 1. The molecule has 0 bridgehead atoms. The van der Waals surface area contributed by atoms with Gasteiger partial charge >= 0.3 is 0 Å². The van der Waals surface area contributed by atoms with E-state index in [4.69, 9.17) is 0 Å². The van der Waals surface area contributed by atoms with Crippen molar-refractivity contribution in [2.45, 2.75) is 6.92 Å². The molecule has 0 unspecified atom stereocenters. The Morgan fingerprint density at radius 1 is 1.20 bits per heavy atom. The molecule has 0 N–H and O–H groups in total. The van der Waals surface area contributed by atoms with Gasteiger partial charge in [-0.1, -0.05) is 42.7 Å². The van der Waals surface area contributed by atoms with Gasteiger partial charge < -0.3 is 0 Å². The highest BCUT2D eigenvalue weighted by Crippen LogP contribution is 2.09. The molecule has 1 aliphatic rings. The maximum atomic E-state index is 2.20. The zero-order valence-electron chi connectivity index (χ0n) is 5.96. The molecule has 1 heterocycles. The van der Waals surface area contributed by atoms with E-state index in [2.05, 4.69) is 44.5 Å². The number of rotatable bonds is 0. The first-order chi connectivity index (χ1) is 4.86.